The molecule has 0 aliphatic carbocycles. The van der Waals surface area contributed by atoms with Gasteiger partial charge in [0.15, 0.2) is 0 Å². The van der Waals surface area contributed by atoms with E-state index in [0.717, 1.165) is 0 Å². The lowest BCUT2D eigenvalue weighted by Crippen LogP contribution is -2.41. The third-order valence-electron chi connectivity index (χ3n) is 4.78. The van der Waals surface area contributed by atoms with Gasteiger partial charge in [-0.3, -0.25) is 4.79 Å². The molecule has 0 bridgehead atoms. The highest BCUT2D eigenvalue weighted by Crippen LogP contribution is 2.33. The number of nitrogens with one attached hydrogen (secondary N) is 1. The van der Waals surface area contributed by atoms with Gasteiger partial charge in [0.25, 0.3) is 0 Å². The lowest BCUT2D eigenvalue weighted by Gasteiger charge is -2.31. The Morgan fingerprint density at radius 2 is 1.83 bits per heavy atom. The number of hydrogen-bond acceptors (Lipinski definition) is 4. The third kappa shape index (κ3) is 4.81. The van der Waals surface area contributed by atoms with Gasteiger partial charge in [0.1, 0.15) is 10.6 Å². The van der Waals surface area contributed by atoms with Crippen LogP contribution in [-0.2, 0) is 14.8 Å². The zero-order chi connectivity index (χ0) is 21.2. The molecular weight excluding hydrogens is 459 g/mol. The lowest BCUT2D eigenvalue weighted by molar-refractivity contribution is -0.120. The van der Waals surface area contributed by atoms with Crippen LogP contribution in [0.2, 0.25) is 15.1 Å². The van der Waals surface area contributed by atoms with E-state index in [-0.39, 0.29) is 40.6 Å². The molecule has 2 aromatic rings. The Kier molecular flexibility index (Phi) is 6.96. The van der Waals surface area contributed by atoms with Crippen LogP contribution in [0, 0.1) is 5.92 Å². The molecule has 156 valence electrons. The van der Waals surface area contributed by atoms with Gasteiger partial charge in [-0.2, -0.15) is 4.31 Å². The van der Waals surface area contributed by atoms with Crippen molar-refractivity contribution in [3.8, 4) is 5.75 Å². The number of sulfonamides is 1. The summed E-state index contributed by atoms with van der Waals surface area (Å²) in [6, 6.07) is 9.44. The molecule has 1 fully saturated rings. The summed E-state index contributed by atoms with van der Waals surface area (Å²) in [7, 11) is -2.39. The van der Waals surface area contributed by atoms with Crippen molar-refractivity contribution >= 4 is 56.4 Å². The lowest BCUT2D eigenvalue weighted by atomic mass is 9.97. The molecule has 3 rings (SSSR count). The first kappa shape index (κ1) is 22.2. The number of rotatable bonds is 5. The van der Waals surface area contributed by atoms with Crippen LogP contribution < -0.4 is 10.1 Å². The van der Waals surface area contributed by atoms with Gasteiger partial charge in [-0.25, -0.2) is 8.42 Å². The molecule has 29 heavy (non-hydrogen) atoms. The molecule has 0 radical (unpaired) electrons. The topological polar surface area (TPSA) is 75.7 Å². The van der Waals surface area contributed by atoms with E-state index in [2.05, 4.69) is 5.32 Å². The first-order valence-electron chi connectivity index (χ1n) is 8.82. The minimum Gasteiger partial charge on any atom is -0.495 e. The first-order valence-corrected chi connectivity index (χ1v) is 11.4. The minimum absolute atomic E-state index is 0.0149. The van der Waals surface area contributed by atoms with Crippen LogP contribution in [0.4, 0.5) is 5.69 Å². The van der Waals surface area contributed by atoms with Crippen LogP contribution in [0.5, 0.6) is 5.75 Å². The van der Waals surface area contributed by atoms with E-state index in [1.54, 1.807) is 24.3 Å². The van der Waals surface area contributed by atoms with Crippen LogP contribution in [0.3, 0.4) is 0 Å². The summed E-state index contributed by atoms with van der Waals surface area (Å²) < 4.78 is 32.6. The van der Waals surface area contributed by atoms with E-state index in [1.165, 1.54) is 23.5 Å². The summed E-state index contributed by atoms with van der Waals surface area (Å²) in [5.41, 5.74) is 0.433. The zero-order valence-corrected chi connectivity index (χ0v) is 18.6. The van der Waals surface area contributed by atoms with E-state index in [0.29, 0.717) is 28.6 Å². The summed E-state index contributed by atoms with van der Waals surface area (Å²) in [5, 5.41) is 3.70. The predicted octanol–water partition coefficient (Wildman–Crippen LogP) is 4.69. The van der Waals surface area contributed by atoms with Crippen LogP contribution in [0.1, 0.15) is 12.8 Å². The number of amides is 1. The number of methoxy groups -OCH3 is 1. The molecule has 10 heteroatoms. The Labute approximate surface area is 184 Å². The van der Waals surface area contributed by atoms with Gasteiger partial charge < -0.3 is 10.1 Å². The van der Waals surface area contributed by atoms with Crippen LogP contribution in [0.15, 0.2) is 41.3 Å². The van der Waals surface area contributed by atoms with Crippen molar-refractivity contribution in [1.82, 2.24) is 4.31 Å². The van der Waals surface area contributed by atoms with Crippen molar-refractivity contribution in [2.24, 2.45) is 5.92 Å². The molecule has 1 heterocycles. The molecule has 2 aromatic carbocycles. The third-order valence-corrected chi connectivity index (χ3v) is 7.75. The number of benzene rings is 2. The second-order valence-corrected chi connectivity index (χ2v) is 9.69. The van der Waals surface area contributed by atoms with E-state index >= 15 is 0 Å². The number of hydrogen-bond donors (Lipinski definition) is 1. The Morgan fingerprint density at radius 3 is 2.48 bits per heavy atom. The van der Waals surface area contributed by atoms with Gasteiger partial charge >= 0.3 is 0 Å². The second kappa shape index (κ2) is 9.10. The van der Waals surface area contributed by atoms with Gasteiger partial charge in [0.05, 0.1) is 22.8 Å². The highest BCUT2D eigenvalue weighted by Gasteiger charge is 2.34. The number of carbonyl (C=O) groups is 1. The fraction of sp³-hybridized carbons (Fsp3) is 0.316. The maximum absolute atomic E-state index is 13.0. The minimum atomic E-state index is -3.79. The summed E-state index contributed by atoms with van der Waals surface area (Å²) in [6.45, 7) is 0.415. The fourth-order valence-corrected chi connectivity index (χ4v) is 5.42. The summed E-state index contributed by atoms with van der Waals surface area (Å²) >= 11 is 18.1. The molecule has 0 unspecified atom stereocenters. The molecule has 0 atom stereocenters. The SMILES string of the molecule is COc1ccc(Cl)cc1S(=O)(=O)N1CCC(C(=O)Nc2cccc(Cl)c2Cl)CC1. The van der Waals surface area contributed by atoms with Gasteiger partial charge in [-0.15, -0.1) is 0 Å². The standard InChI is InChI=1S/C19H19Cl3N2O4S/c1-28-16-6-5-13(20)11-17(16)29(26,27)24-9-7-12(8-10-24)19(25)23-15-4-2-3-14(21)18(15)22/h2-6,11-12H,7-10H2,1H3,(H,23,25). The van der Waals surface area contributed by atoms with Gasteiger partial charge in [0, 0.05) is 24.0 Å². The molecule has 1 aliphatic heterocycles. The van der Waals surface area contributed by atoms with Crippen LogP contribution >= 0.6 is 34.8 Å². The highest BCUT2D eigenvalue weighted by molar-refractivity contribution is 7.89. The van der Waals surface area contributed by atoms with Crippen molar-refractivity contribution < 1.29 is 17.9 Å². The Hall–Kier alpha value is -1.51. The fourth-order valence-electron chi connectivity index (χ4n) is 3.18. The zero-order valence-electron chi connectivity index (χ0n) is 15.5. The predicted molar refractivity (Wildman–Crippen MR) is 115 cm³/mol. The number of carbonyl (C=O) groups excluding carboxylic acids is 1. The highest BCUT2D eigenvalue weighted by atomic mass is 35.5. The Bertz CT molecular complexity index is 1020. The van der Waals surface area contributed by atoms with Crippen molar-refractivity contribution in [1.29, 1.82) is 0 Å². The maximum atomic E-state index is 13.0. The largest absolute Gasteiger partial charge is 0.495 e. The van der Waals surface area contributed by atoms with E-state index < -0.39 is 10.0 Å². The van der Waals surface area contributed by atoms with Crippen LogP contribution in [0.25, 0.3) is 0 Å². The van der Waals surface area contributed by atoms with Crippen LogP contribution in [-0.4, -0.2) is 38.8 Å². The van der Waals surface area contributed by atoms with E-state index in [9.17, 15) is 13.2 Å². The van der Waals surface area contributed by atoms with Gasteiger partial charge in [0.2, 0.25) is 15.9 Å². The Balaban J connectivity index is 1.69. The number of anilines is 1. The monoisotopic (exact) mass is 476 g/mol. The van der Waals surface area contributed by atoms with Gasteiger partial charge in [-0.05, 0) is 43.2 Å². The molecule has 1 N–H and O–H groups in total. The molecule has 0 saturated carbocycles. The number of nitrogens with zero attached hydrogens (tertiary/aromatic N) is 1. The number of halogens is 3. The molecule has 6 nitrogen and oxygen atoms in total. The Morgan fingerprint density at radius 1 is 1.14 bits per heavy atom. The van der Waals surface area contributed by atoms with Crippen molar-refractivity contribution in [3.63, 3.8) is 0 Å². The molecule has 1 saturated heterocycles. The summed E-state index contributed by atoms with van der Waals surface area (Å²) in [5.74, 6) is -0.325. The first-order chi connectivity index (χ1) is 13.7. The molecule has 1 amide bonds. The van der Waals surface area contributed by atoms with E-state index in [4.69, 9.17) is 39.5 Å². The number of piperidine rings is 1. The smallest absolute Gasteiger partial charge is 0.246 e. The average Bonchev–Trinajstić information content (AvgIpc) is 2.71. The quantitative estimate of drug-likeness (QED) is 0.677. The van der Waals surface area contributed by atoms with Crippen molar-refractivity contribution in [3.05, 3.63) is 51.5 Å². The normalized spacial score (nSPS) is 15.9. The van der Waals surface area contributed by atoms with E-state index in [1.807, 2.05) is 0 Å². The maximum Gasteiger partial charge on any atom is 0.246 e. The summed E-state index contributed by atoms with van der Waals surface area (Å²) in [6.07, 6.45) is 0.762. The molecule has 1 aliphatic rings. The molecular formula is C19H19Cl3N2O4S. The number of ether oxygens (including phenoxy) is 1. The molecule has 0 spiro atoms. The van der Waals surface area contributed by atoms with Crippen molar-refractivity contribution in [2.45, 2.75) is 17.7 Å². The van der Waals surface area contributed by atoms with Gasteiger partial charge in [-0.1, -0.05) is 40.9 Å². The van der Waals surface area contributed by atoms with Crippen molar-refractivity contribution in [2.75, 3.05) is 25.5 Å². The average molecular weight is 478 g/mol. The summed E-state index contributed by atoms with van der Waals surface area (Å²) in [4.78, 5) is 12.6. The second-order valence-electron chi connectivity index (χ2n) is 6.56. The molecule has 0 aromatic heterocycles.